The molecule has 0 saturated heterocycles. The lowest BCUT2D eigenvalue weighted by Crippen LogP contribution is -2.11. The van der Waals surface area contributed by atoms with Crippen LogP contribution >= 0.6 is 0 Å². The normalized spacial score (nSPS) is 23.1. The molecule has 1 unspecified atom stereocenters. The Balaban J connectivity index is 2.59. The number of rotatable bonds is 3. The SMILES string of the molecule is C=CCOC(=O)C=C1CCCCC1C#N. The monoisotopic (exact) mass is 205 g/mol. The second kappa shape index (κ2) is 6.02. The molecule has 0 radical (unpaired) electrons. The van der Waals surface area contributed by atoms with Crippen molar-refractivity contribution in [1.82, 2.24) is 0 Å². The number of nitriles is 1. The lowest BCUT2D eigenvalue weighted by atomic mass is 9.85. The Bertz CT molecular complexity index is 312. The van der Waals surface area contributed by atoms with Crippen molar-refractivity contribution in [2.45, 2.75) is 25.7 Å². The van der Waals surface area contributed by atoms with Gasteiger partial charge in [-0.25, -0.2) is 4.79 Å². The molecule has 1 saturated carbocycles. The molecule has 0 amide bonds. The van der Waals surface area contributed by atoms with Gasteiger partial charge in [0.25, 0.3) is 0 Å². The molecule has 15 heavy (non-hydrogen) atoms. The smallest absolute Gasteiger partial charge is 0.331 e. The third-order valence-electron chi connectivity index (χ3n) is 2.46. The molecular weight excluding hydrogens is 190 g/mol. The number of ether oxygens (including phenoxy) is 1. The fourth-order valence-corrected chi connectivity index (χ4v) is 1.69. The number of hydrogen-bond donors (Lipinski definition) is 0. The molecule has 1 rings (SSSR count). The highest BCUT2D eigenvalue weighted by Gasteiger charge is 2.19. The van der Waals surface area contributed by atoms with E-state index in [1.165, 1.54) is 12.2 Å². The van der Waals surface area contributed by atoms with Crippen molar-refractivity contribution in [1.29, 1.82) is 5.26 Å². The van der Waals surface area contributed by atoms with Gasteiger partial charge in [-0.05, 0) is 24.8 Å². The van der Waals surface area contributed by atoms with Crippen molar-refractivity contribution < 1.29 is 9.53 Å². The Morgan fingerprint density at radius 3 is 3.13 bits per heavy atom. The number of carbonyl (C=O) groups excluding carboxylic acids is 1. The van der Waals surface area contributed by atoms with E-state index in [9.17, 15) is 4.79 Å². The maximum Gasteiger partial charge on any atom is 0.331 e. The Morgan fingerprint density at radius 2 is 2.47 bits per heavy atom. The highest BCUT2D eigenvalue weighted by molar-refractivity contribution is 5.83. The molecule has 0 aromatic carbocycles. The summed E-state index contributed by atoms with van der Waals surface area (Å²) >= 11 is 0. The molecule has 1 aliphatic carbocycles. The van der Waals surface area contributed by atoms with Crippen LogP contribution in [0.2, 0.25) is 0 Å². The number of hydrogen-bond acceptors (Lipinski definition) is 3. The van der Waals surface area contributed by atoms with Crippen LogP contribution < -0.4 is 0 Å². The van der Waals surface area contributed by atoms with Gasteiger partial charge < -0.3 is 4.74 Å². The summed E-state index contributed by atoms with van der Waals surface area (Å²) < 4.78 is 4.84. The molecule has 0 aromatic heterocycles. The highest BCUT2D eigenvalue weighted by Crippen LogP contribution is 2.28. The summed E-state index contributed by atoms with van der Waals surface area (Å²) in [5.41, 5.74) is 0.915. The minimum Gasteiger partial charge on any atom is -0.458 e. The highest BCUT2D eigenvalue weighted by atomic mass is 16.5. The summed E-state index contributed by atoms with van der Waals surface area (Å²) in [4.78, 5) is 11.3. The Kier molecular flexibility index (Phi) is 4.62. The maximum absolute atomic E-state index is 11.3. The zero-order chi connectivity index (χ0) is 11.1. The fourth-order valence-electron chi connectivity index (χ4n) is 1.69. The van der Waals surface area contributed by atoms with Crippen LogP contribution in [-0.2, 0) is 9.53 Å². The molecular formula is C12H15NO2. The molecule has 3 heteroatoms. The molecule has 0 aliphatic heterocycles. The zero-order valence-electron chi connectivity index (χ0n) is 8.74. The molecule has 1 atom stereocenters. The van der Waals surface area contributed by atoms with Crippen molar-refractivity contribution in [3.63, 3.8) is 0 Å². The van der Waals surface area contributed by atoms with Gasteiger partial charge >= 0.3 is 5.97 Å². The maximum atomic E-state index is 11.3. The molecule has 0 bridgehead atoms. The predicted molar refractivity (Wildman–Crippen MR) is 56.8 cm³/mol. The van der Waals surface area contributed by atoms with Crippen molar-refractivity contribution in [2.75, 3.05) is 6.61 Å². The van der Waals surface area contributed by atoms with Crippen LogP contribution in [0.25, 0.3) is 0 Å². The summed E-state index contributed by atoms with van der Waals surface area (Å²) in [7, 11) is 0. The first-order valence-electron chi connectivity index (χ1n) is 5.15. The average molecular weight is 205 g/mol. The van der Waals surface area contributed by atoms with Crippen LogP contribution in [0.5, 0.6) is 0 Å². The lowest BCUT2D eigenvalue weighted by Gasteiger charge is -2.18. The van der Waals surface area contributed by atoms with E-state index in [4.69, 9.17) is 10.00 Å². The number of nitrogens with zero attached hydrogens (tertiary/aromatic N) is 1. The van der Waals surface area contributed by atoms with Gasteiger partial charge in [-0.3, -0.25) is 0 Å². The molecule has 1 aliphatic rings. The van der Waals surface area contributed by atoms with Gasteiger partial charge in [-0.1, -0.05) is 19.1 Å². The van der Waals surface area contributed by atoms with E-state index in [1.807, 2.05) is 0 Å². The van der Waals surface area contributed by atoms with E-state index in [1.54, 1.807) is 0 Å². The van der Waals surface area contributed by atoms with E-state index in [0.717, 1.165) is 31.3 Å². The average Bonchev–Trinajstić information content (AvgIpc) is 2.27. The summed E-state index contributed by atoms with van der Waals surface area (Å²) in [6.07, 6.45) is 6.81. The first kappa shape index (κ1) is 11.5. The largest absolute Gasteiger partial charge is 0.458 e. The van der Waals surface area contributed by atoms with Crippen LogP contribution in [-0.4, -0.2) is 12.6 Å². The molecule has 1 fully saturated rings. The molecule has 3 nitrogen and oxygen atoms in total. The molecule has 0 heterocycles. The van der Waals surface area contributed by atoms with Crippen molar-refractivity contribution in [3.8, 4) is 6.07 Å². The summed E-state index contributed by atoms with van der Waals surface area (Å²) in [5.74, 6) is -0.470. The van der Waals surface area contributed by atoms with E-state index < -0.39 is 0 Å². The number of carbonyl (C=O) groups is 1. The van der Waals surface area contributed by atoms with Crippen molar-refractivity contribution in [3.05, 3.63) is 24.3 Å². The predicted octanol–water partition coefficient (Wildman–Crippen LogP) is 2.36. The van der Waals surface area contributed by atoms with Gasteiger partial charge in [-0.2, -0.15) is 5.26 Å². The van der Waals surface area contributed by atoms with Gasteiger partial charge in [-0.15, -0.1) is 0 Å². The van der Waals surface area contributed by atoms with E-state index >= 15 is 0 Å². The fraction of sp³-hybridized carbons (Fsp3) is 0.500. The minimum atomic E-state index is -0.368. The molecule has 0 aromatic rings. The van der Waals surface area contributed by atoms with E-state index in [2.05, 4.69) is 12.6 Å². The summed E-state index contributed by atoms with van der Waals surface area (Å²) in [6.45, 7) is 3.68. The first-order chi connectivity index (χ1) is 7.27. The van der Waals surface area contributed by atoms with Crippen LogP contribution in [0.15, 0.2) is 24.3 Å². The van der Waals surface area contributed by atoms with Crippen LogP contribution in [0.1, 0.15) is 25.7 Å². The van der Waals surface area contributed by atoms with Crippen LogP contribution in [0, 0.1) is 17.2 Å². The van der Waals surface area contributed by atoms with Gasteiger partial charge in [0, 0.05) is 6.08 Å². The van der Waals surface area contributed by atoms with E-state index in [0.29, 0.717) is 0 Å². The van der Waals surface area contributed by atoms with Crippen molar-refractivity contribution in [2.24, 2.45) is 5.92 Å². The molecule has 0 N–H and O–H groups in total. The van der Waals surface area contributed by atoms with Gasteiger partial charge in [0.2, 0.25) is 0 Å². The topological polar surface area (TPSA) is 50.1 Å². The van der Waals surface area contributed by atoms with E-state index in [-0.39, 0.29) is 18.5 Å². The minimum absolute atomic E-state index is 0.102. The van der Waals surface area contributed by atoms with Crippen molar-refractivity contribution >= 4 is 5.97 Å². The number of allylic oxidation sites excluding steroid dienone is 1. The Morgan fingerprint density at radius 1 is 1.67 bits per heavy atom. The Labute approximate surface area is 90.0 Å². The third-order valence-corrected chi connectivity index (χ3v) is 2.46. The van der Waals surface area contributed by atoms with Crippen LogP contribution in [0.3, 0.4) is 0 Å². The van der Waals surface area contributed by atoms with Crippen LogP contribution in [0.4, 0.5) is 0 Å². The Hall–Kier alpha value is -1.56. The summed E-state index contributed by atoms with van der Waals surface area (Å²) in [5, 5.41) is 8.89. The molecule has 0 spiro atoms. The third kappa shape index (κ3) is 3.59. The lowest BCUT2D eigenvalue weighted by molar-refractivity contribution is -0.136. The van der Waals surface area contributed by atoms with Gasteiger partial charge in [0.15, 0.2) is 0 Å². The standard InChI is InChI=1S/C12H15NO2/c1-2-7-15-12(14)8-10-5-3-4-6-11(10)9-13/h2,8,11H,1,3-7H2. The second-order valence-corrected chi connectivity index (χ2v) is 3.57. The summed E-state index contributed by atoms with van der Waals surface area (Å²) in [6, 6.07) is 2.22. The number of esters is 1. The quantitative estimate of drug-likeness (QED) is 0.403. The zero-order valence-corrected chi connectivity index (χ0v) is 8.74. The first-order valence-corrected chi connectivity index (χ1v) is 5.15. The van der Waals surface area contributed by atoms with Gasteiger partial charge in [0.05, 0.1) is 12.0 Å². The molecule has 80 valence electrons. The second-order valence-electron chi connectivity index (χ2n) is 3.57. The van der Waals surface area contributed by atoms with Gasteiger partial charge in [0.1, 0.15) is 6.61 Å².